The summed E-state index contributed by atoms with van der Waals surface area (Å²) in [5.74, 6) is -1.78. The summed E-state index contributed by atoms with van der Waals surface area (Å²) in [5, 5.41) is 10.7. The van der Waals surface area contributed by atoms with Gasteiger partial charge in [0.15, 0.2) is 0 Å². The molecule has 1 rings (SSSR count). The fourth-order valence-corrected chi connectivity index (χ4v) is 3.22. The number of alkyl halides is 3. The fourth-order valence-electron chi connectivity index (χ4n) is 3.22. The SMILES string of the molecule is CCCC[C@H](CC)[C@](C)(O)COC(=O)[C@@](OC)(c1ccccc1)C(F)(F)F. The van der Waals surface area contributed by atoms with Crippen molar-refractivity contribution < 1.29 is 32.5 Å². The molecule has 0 aliphatic heterocycles. The van der Waals surface area contributed by atoms with E-state index in [4.69, 9.17) is 4.74 Å². The lowest BCUT2D eigenvalue weighted by Gasteiger charge is -2.35. The van der Waals surface area contributed by atoms with Crippen LogP contribution in [0.25, 0.3) is 0 Å². The predicted molar refractivity (Wildman–Crippen MR) is 96.1 cm³/mol. The van der Waals surface area contributed by atoms with Crippen molar-refractivity contribution in [3.8, 4) is 0 Å². The standard InChI is InChI=1S/C20H29F3O4/c1-5-7-11-15(6-2)18(3,25)14-27-17(24)19(26-4,20(21,22)23)16-12-9-8-10-13-16/h8-10,12-13,15,25H,5-7,11,14H2,1-4H3/t15-,18+,19-/m0/s1. The van der Waals surface area contributed by atoms with E-state index < -0.39 is 30.0 Å². The Hall–Kier alpha value is -1.60. The number of benzene rings is 1. The molecule has 4 nitrogen and oxygen atoms in total. The molecule has 1 N–H and O–H groups in total. The number of halogens is 3. The van der Waals surface area contributed by atoms with E-state index in [2.05, 4.69) is 4.74 Å². The highest BCUT2D eigenvalue weighted by molar-refractivity contribution is 5.82. The Balaban J connectivity index is 3.08. The van der Waals surface area contributed by atoms with Crippen LogP contribution in [0.3, 0.4) is 0 Å². The zero-order valence-corrected chi connectivity index (χ0v) is 16.3. The first-order chi connectivity index (χ1) is 12.6. The molecule has 27 heavy (non-hydrogen) atoms. The Labute approximate surface area is 158 Å². The van der Waals surface area contributed by atoms with Gasteiger partial charge in [0.25, 0.3) is 5.60 Å². The first-order valence-corrected chi connectivity index (χ1v) is 9.13. The van der Waals surface area contributed by atoms with Crippen LogP contribution < -0.4 is 0 Å². The van der Waals surface area contributed by atoms with Gasteiger partial charge in [-0.15, -0.1) is 0 Å². The third kappa shape index (κ3) is 5.23. The molecule has 0 aromatic heterocycles. The number of esters is 1. The molecule has 0 saturated carbocycles. The van der Waals surface area contributed by atoms with Gasteiger partial charge >= 0.3 is 12.1 Å². The van der Waals surface area contributed by atoms with E-state index in [-0.39, 0.29) is 11.5 Å². The Kier molecular flexibility index (Phi) is 8.29. The van der Waals surface area contributed by atoms with E-state index in [9.17, 15) is 23.1 Å². The molecule has 0 heterocycles. The number of methoxy groups -OCH3 is 1. The number of aliphatic hydroxyl groups is 1. The number of hydrogen-bond donors (Lipinski definition) is 1. The molecule has 0 fully saturated rings. The molecular weight excluding hydrogens is 361 g/mol. The van der Waals surface area contributed by atoms with E-state index in [1.54, 1.807) is 0 Å². The summed E-state index contributed by atoms with van der Waals surface area (Å²) in [6.07, 6.45) is -1.90. The summed E-state index contributed by atoms with van der Waals surface area (Å²) in [7, 11) is 0.815. The average Bonchev–Trinajstić information content (AvgIpc) is 2.61. The summed E-state index contributed by atoms with van der Waals surface area (Å²) < 4.78 is 51.2. The van der Waals surface area contributed by atoms with Crippen LogP contribution in [0.4, 0.5) is 13.2 Å². The van der Waals surface area contributed by atoms with Crippen molar-refractivity contribution in [1.82, 2.24) is 0 Å². The topological polar surface area (TPSA) is 55.8 Å². The van der Waals surface area contributed by atoms with Crippen molar-refractivity contribution >= 4 is 5.97 Å². The molecule has 154 valence electrons. The quantitative estimate of drug-likeness (QED) is 0.593. The highest BCUT2D eigenvalue weighted by Gasteiger charge is 2.64. The van der Waals surface area contributed by atoms with Crippen molar-refractivity contribution in [2.45, 2.75) is 63.8 Å². The first kappa shape index (κ1) is 23.4. The molecule has 0 unspecified atom stereocenters. The minimum atomic E-state index is -5.03. The second-order valence-corrected chi connectivity index (χ2v) is 6.93. The molecule has 0 saturated heterocycles. The number of unbranched alkanes of at least 4 members (excludes halogenated alkanes) is 1. The van der Waals surface area contributed by atoms with E-state index in [0.717, 1.165) is 32.1 Å². The van der Waals surface area contributed by atoms with Gasteiger partial charge in [0.1, 0.15) is 6.61 Å². The monoisotopic (exact) mass is 390 g/mol. The second-order valence-electron chi connectivity index (χ2n) is 6.93. The van der Waals surface area contributed by atoms with Crippen molar-refractivity contribution in [3.05, 3.63) is 35.9 Å². The summed E-state index contributed by atoms with van der Waals surface area (Å²) in [6, 6.07) is 6.63. The van der Waals surface area contributed by atoms with Gasteiger partial charge in [0.05, 0.1) is 5.60 Å². The maximum absolute atomic E-state index is 13.8. The first-order valence-electron chi connectivity index (χ1n) is 9.13. The van der Waals surface area contributed by atoms with E-state index in [0.29, 0.717) is 12.8 Å². The molecule has 0 bridgehead atoms. The highest BCUT2D eigenvalue weighted by atomic mass is 19.4. The number of carbonyl (C=O) groups is 1. The lowest BCUT2D eigenvalue weighted by atomic mass is 9.83. The zero-order valence-electron chi connectivity index (χ0n) is 16.3. The fraction of sp³-hybridized carbons (Fsp3) is 0.650. The highest BCUT2D eigenvalue weighted by Crippen LogP contribution is 2.43. The third-order valence-corrected chi connectivity index (χ3v) is 4.95. The van der Waals surface area contributed by atoms with Crippen LogP contribution in [0.5, 0.6) is 0 Å². The minimum absolute atomic E-state index is 0.190. The number of ether oxygens (including phenoxy) is 2. The number of hydrogen-bond acceptors (Lipinski definition) is 4. The maximum Gasteiger partial charge on any atom is 0.432 e. The molecule has 0 radical (unpaired) electrons. The predicted octanol–water partition coefficient (Wildman–Crippen LogP) is 4.60. The molecule has 0 amide bonds. The Bertz CT molecular complexity index is 587. The van der Waals surface area contributed by atoms with Gasteiger partial charge in [-0.25, -0.2) is 4.79 Å². The van der Waals surface area contributed by atoms with Crippen molar-refractivity contribution in [1.29, 1.82) is 0 Å². The van der Waals surface area contributed by atoms with Crippen LogP contribution in [0, 0.1) is 5.92 Å². The summed E-state index contributed by atoms with van der Waals surface area (Å²) in [4.78, 5) is 12.5. The Morgan fingerprint density at radius 1 is 1.19 bits per heavy atom. The van der Waals surface area contributed by atoms with Crippen LogP contribution >= 0.6 is 0 Å². The number of carbonyl (C=O) groups excluding carboxylic acids is 1. The van der Waals surface area contributed by atoms with E-state index in [1.807, 2.05) is 13.8 Å². The van der Waals surface area contributed by atoms with Crippen molar-refractivity contribution in [2.24, 2.45) is 5.92 Å². The summed E-state index contributed by atoms with van der Waals surface area (Å²) >= 11 is 0. The van der Waals surface area contributed by atoms with Crippen LogP contribution in [0.1, 0.15) is 52.0 Å². The maximum atomic E-state index is 13.8. The minimum Gasteiger partial charge on any atom is -0.460 e. The van der Waals surface area contributed by atoms with Gasteiger partial charge in [0, 0.05) is 12.7 Å². The van der Waals surface area contributed by atoms with Crippen molar-refractivity contribution in [3.63, 3.8) is 0 Å². The molecule has 1 aromatic carbocycles. The smallest absolute Gasteiger partial charge is 0.432 e. The Morgan fingerprint density at radius 2 is 1.78 bits per heavy atom. The zero-order chi connectivity index (χ0) is 20.7. The van der Waals surface area contributed by atoms with Crippen LogP contribution in [-0.4, -0.2) is 36.6 Å². The van der Waals surface area contributed by atoms with E-state index >= 15 is 0 Å². The van der Waals surface area contributed by atoms with Crippen molar-refractivity contribution in [2.75, 3.05) is 13.7 Å². The summed E-state index contributed by atoms with van der Waals surface area (Å²) in [5.41, 5.74) is -5.04. The lowest BCUT2D eigenvalue weighted by molar-refractivity contribution is -0.278. The van der Waals surface area contributed by atoms with Gasteiger partial charge in [-0.2, -0.15) is 13.2 Å². The third-order valence-electron chi connectivity index (χ3n) is 4.95. The largest absolute Gasteiger partial charge is 0.460 e. The normalized spacial score (nSPS) is 17.6. The average molecular weight is 390 g/mol. The van der Waals surface area contributed by atoms with Gasteiger partial charge in [-0.05, 0) is 19.3 Å². The number of rotatable bonds is 10. The molecule has 0 spiro atoms. The van der Waals surface area contributed by atoms with Crippen LogP contribution in [0.2, 0.25) is 0 Å². The Morgan fingerprint density at radius 3 is 2.22 bits per heavy atom. The van der Waals surface area contributed by atoms with Gasteiger partial charge in [-0.3, -0.25) is 0 Å². The molecule has 7 heteroatoms. The molecule has 0 aliphatic carbocycles. The van der Waals surface area contributed by atoms with Crippen LogP contribution in [0.15, 0.2) is 30.3 Å². The summed E-state index contributed by atoms with van der Waals surface area (Å²) in [6.45, 7) is 4.84. The molecular formula is C20H29F3O4. The van der Waals surface area contributed by atoms with Gasteiger partial charge in [0.2, 0.25) is 0 Å². The lowest BCUT2D eigenvalue weighted by Crippen LogP contribution is -2.53. The van der Waals surface area contributed by atoms with Gasteiger partial charge < -0.3 is 14.6 Å². The molecule has 3 atom stereocenters. The van der Waals surface area contributed by atoms with E-state index in [1.165, 1.54) is 25.1 Å². The molecule has 0 aliphatic rings. The molecule has 1 aromatic rings. The second kappa shape index (κ2) is 9.55. The van der Waals surface area contributed by atoms with Crippen LogP contribution in [-0.2, 0) is 19.9 Å². The van der Waals surface area contributed by atoms with Gasteiger partial charge in [-0.1, -0.05) is 63.4 Å².